The molecule has 0 aromatic heterocycles. The van der Waals surface area contributed by atoms with Gasteiger partial charge >= 0.3 is 0 Å². The highest BCUT2D eigenvalue weighted by molar-refractivity contribution is 5.74. The summed E-state index contributed by atoms with van der Waals surface area (Å²) in [5.74, 6) is 0. The summed E-state index contributed by atoms with van der Waals surface area (Å²) >= 11 is 0. The van der Waals surface area contributed by atoms with Gasteiger partial charge in [0.25, 0.3) is 0 Å². The number of hydrogen-bond donors (Lipinski definition) is 1. The van der Waals surface area contributed by atoms with Gasteiger partial charge in [-0.15, -0.1) is 0 Å². The molecule has 0 unspecified atom stereocenters. The largest absolute Gasteiger partial charge is 0.365 e. The molecule has 1 N–H and O–H groups in total. The van der Waals surface area contributed by atoms with Crippen molar-refractivity contribution >= 4 is 11.9 Å². The maximum Gasteiger partial charge on any atom is 0.0629 e. The van der Waals surface area contributed by atoms with Crippen molar-refractivity contribution in [3.63, 3.8) is 0 Å². The minimum absolute atomic E-state index is 0.948. The zero-order valence-electron chi connectivity index (χ0n) is 10.6. The Morgan fingerprint density at radius 3 is 2.67 bits per heavy atom. The third-order valence-electron chi connectivity index (χ3n) is 2.07. The molecule has 1 rings (SSSR count). The number of aliphatic imine (C=N–C) groups is 1. The zero-order valence-corrected chi connectivity index (χ0v) is 10.6. The molecule has 0 bridgehead atoms. The van der Waals surface area contributed by atoms with Crippen LogP contribution in [0.15, 0.2) is 84.2 Å². The van der Waals surface area contributed by atoms with Gasteiger partial charge in [-0.3, -0.25) is 4.99 Å². The summed E-state index contributed by atoms with van der Waals surface area (Å²) in [4.78, 5) is 4.28. The van der Waals surface area contributed by atoms with Crippen molar-refractivity contribution in [2.45, 2.75) is 6.92 Å². The summed E-state index contributed by atoms with van der Waals surface area (Å²) in [5.41, 5.74) is 2.00. The molecule has 0 radical (unpaired) electrons. The van der Waals surface area contributed by atoms with Crippen LogP contribution >= 0.6 is 0 Å². The van der Waals surface area contributed by atoms with Gasteiger partial charge in [0.15, 0.2) is 0 Å². The lowest BCUT2D eigenvalue weighted by atomic mass is 10.3. The summed E-state index contributed by atoms with van der Waals surface area (Å²) in [6.45, 7) is 5.60. The van der Waals surface area contributed by atoms with E-state index in [9.17, 15) is 0 Å². The highest BCUT2D eigenvalue weighted by atomic mass is 14.8. The van der Waals surface area contributed by atoms with Gasteiger partial charge in [-0.2, -0.15) is 0 Å². The van der Waals surface area contributed by atoms with Crippen LogP contribution < -0.4 is 5.32 Å². The Bertz CT molecular complexity index is 465. The fourth-order valence-corrected chi connectivity index (χ4v) is 1.19. The smallest absolute Gasteiger partial charge is 0.0629 e. The number of allylic oxidation sites excluding steroid dienone is 6. The molecule has 18 heavy (non-hydrogen) atoms. The average molecular weight is 238 g/mol. The van der Waals surface area contributed by atoms with Crippen LogP contribution in [0.25, 0.3) is 0 Å². The fourth-order valence-electron chi connectivity index (χ4n) is 1.19. The zero-order chi connectivity index (χ0) is 13.1. The first-order chi connectivity index (χ1) is 8.83. The maximum atomic E-state index is 4.28. The molecule has 2 nitrogen and oxygen atoms in total. The van der Waals surface area contributed by atoms with Gasteiger partial charge in [-0.05, 0) is 31.2 Å². The van der Waals surface area contributed by atoms with Gasteiger partial charge in [-0.1, -0.05) is 43.0 Å². The molecule has 0 aliphatic rings. The summed E-state index contributed by atoms with van der Waals surface area (Å²) in [7, 11) is 0. The van der Waals surface area contributed by atoms with E-state index in [1.807, 2.05) is 67.8 Å². The monoisotopic (exact) mass is 238 g/mol. The van der Waals surface area contributed by atoms with E-state index in [4.69, 9.17) is 0 Å². The molecule has 0 atom stereocenters. The van der Waals surface area contributed by atoms with Crippen LogP contribution in [0, 0.1) is 0 Å². The van der Waals surface area contributed by atoms with Crippen LogP contribution in [0.3, 0.4) is 0 Å². The Balaban J connectivity index is 2.38. The highest BCUT2D eigenvalue weighted by Gasteiger charge is 1.81. The first kappa shape index (κ1) is 13.7. The van der Waals surface area contributed by atoms with Crippen LogP contribution in [0.2, 0.25) is 0 Å². The van der Waals surface area contributed by atoms with Crippen molar-refractivity contribution in [3.05, 3.63) is 79.2 Å². The Labute approximate surface area is 109 Å². The second-order valence-corrected chi connectivity index (χ2v) is 3.59. The van der Waals surface area contributed by atoms with Crippen molar-refractivity contribution in [1.82, 2.24) is 5.32 Å². The third kappa shape index (κ3) is 6.28. The normalized spacial score (nSPS) is 12.6. The minimum atomic E-state index is 0.948. The number of nitrogens with zero attached hydrogens (tertiary/aromatic N) is 1. The number of hydrogen-bond acceptors (Lipinski definition) is 2. The molecule has 0 saturated carbocycles. The second kappa shape index (κ2) is 8.76. The van der Waals surface area contributed by atoms with Gasteiger partial charge in [0.05, 0.1) is 5.69 Å². The summed E-state index contributed by atoms with van der Waals surface area (Å²) < 4.78 is 0. The van der Waals surface area contributed by atoms with Gasteiger partial charge < -0.3 is 5.32 Å². The van der Waals surface area contributed by atoms with Crippen molar-refractivity contribution < 1.29 is 0 Å². The standard InChI is InChI=1S/C16H18N2/c1-3-4-6-10-15(2)17-13-9-14-18-16-11-7-5-8-12-16/h3-14,17H,1H2,2H3/b6-4-,13-9?,15-10+,18-14?. The molecular weight excluding hydrogens is 220 g/mol. The first-order valence-corrected chi connectivity index (χ1v) is 5.79. The molecule has 0 saturated heterocycles. The van der Waals surface area contributed by atoms with Gasteiger partial charge in [0.2, 0.25) is 0 Å². The molecule has 0 heterocycles. The van der Waals surface area contributed by atoms with E-state index in [2.05, 4.69) is 16.9 Å². The molecule has 0 amide bonds. The molecule has 0 spiro atoms. The molecule has 0 fully saturated rings. The lowest BCUT2D eigenvalue weighted by Gasteiger charge is -1.96. The fraction of sp³-hybridized carbons (Fsp3) is 0.0625. The van der Waals surface area contributed by atoms with E-state index < -0.39 is 0 Å². The number of rotatable bonds is 6. The average Bonchev–Trinajstić information content (AvgIpc) is 2.40. The lowest BCUT2D eigenvalue weighted by Crippen LogP contribution is -1.99. The minimum Gasteiger partial charge on any atom is -0.365 e. The van der Waals surface area contributed by atoms with Crippen LogP contribution in [-0.4, -0.2) is 6.21 Å². The molecule has 1 aromatic rings. The number of nitrogens with one attached hydrogen (secondary N) is 1. The van der Waals surface area contributed by atoms with Crippen molar-refractivity contribution in [2.24, 2.45) is 4.99 Å². The van der Waals surface area contributed by atoms with Crippen LogP contribution in [0.4, 0.5) is 5.69 Å². The van der Waals surface area contributed by atoms with E-state index in [1.165, 1.54) is 0 Å². The van der Waals surface area contributed by atoms with Crippen LogP contribution in [0.5, 0.6) is 0 Å². The SMILES string of the molecule is C=C/C=C\C=C(/C)NC=CC=Nc1ccccc1. The van der Waals surface area contributed by atoms with Crippen molar-refractivity contribution in [3.8, 4) is 0 Å². The maximum absolute atomic E-state index is 4.28. The van der Waals surface area contributed by atoms with Gasteiger partial charge in [0, 0.05) is 18.1 Å². The quantitative estimate of drug-likeness (QED) is 0.584. The summed E-state index contributed by atoms with van der Waals surface area (Å²) in [6, 6.07) is 9.83. The van der Waals surface area contributed by atoms with Crippen LogP contribution in [-0.2, 0) is 0 Å². The predicted molar refractivity (Wildman–Crippen MR) is 80.0 cm³/mol. The topological polar surface area (TPSA) is 24.4 Å². The van der Waals surface area contributed by atoms with Crippen molar-refractivity contribution in [2.75, 3.05) is 0 Å². The molecule has 0 aliphatic heterocycles. The van der Waals surface area contributed by atoms with Gasteiger partial charge in [0.1, 0.15) is 0 Å². The molecule has 1 aromatic carbocycles. The van der Waals surface area contributed by atoms with E-state index in [0.29, 0.717) is 0 Å². The number of para-hydroxylation sites is 1. The lowest BCUT2D eigenvalue weighted by molar-refractivity contribution is 1.06. The van der Waals surface area contributed by atoms with E-state index in [0.717, 1.165) is 11.4 Å². The Kier molecular flexibility index (Phi) is 6.68. The third-order valence-corrected chi connectivity index (χ3v) is 2.07. The summed E-state index contributed by atoms with van der Waals surface area (Å²) in [5, 5.41) is 3.13. The number of benzene rings is 1. The molecule has 2 heteroatoms. The molecule has 0 aliphatic carbocycles. The summed E-state index contributed by atoms with van der Waals surface area (Å²) in [6.07, 6.45) is 13.0. The Morgan fingerprint density at radius 2 is 1.94 bits per heavy atom. The Morgan fingerprint density at radius 1 is 1.17 bits per heavy atom. The first-order valence-electron chi connectivity index (χ1n) is 5.79. The Hall–Kier alpha value is -2.35. The molecular formula is C16H18N2. The van der Waals surface area contributed by atoms with E-state index in [-0.39, 0.29) is 0 Å². The van der Waals surface area contributed by atoms with E-state index >= 15 is 0 Å². The van der Waals surface area contributed by atoms with Crippen LogP contribution in [0.1, 0.15) is 6.92 Å². The van der Waals surface area contributed by atoms with Crippen molar-refractivity contribution in [1.29, 1.82) is 0 Å². The van der Waals surface area contributed by atoms with E-state index in [1.54, 1.807) is 12.3 Å². The molecule has 92 valence electrons. The second-order valence-electron chi connectivity index (χ2n) is 3.59. The van der Waals surface area contributed by atoms with Gasteiger partial charge in [-0.25, -0.2) is 0 Å². The predicted octanol–water partition coefficient (Wildman–Crippen LogP) is 4.14. The highest BCUT2D eigenvalue weighted by Crippen LogP contribution is 2.07.